The van der Waals surface area contributed by atoms with Crippen LogP contribution in [0.3, 0.4) is 0 Å². The minimum Gasteiger partial charge on any atom is -0.469 e. The lowest BCUT2D eigenvalue weighted by molar-refractivity contribution is -0.141. The lowest BCUT2D eigenvalue weighted by atomic mass is 9.81. The number of aryl methyl sites for hydroxylation is 1. The van der Waals surface area contributed by atoms with Gasteiger partial charge in [-0.25, -0.2) is 0 Å². The summed E-state index contributed by atoms with van der Waals surface area (Å²) < 4.78 is 3.84. The quantitative estimate of drug-likeness (QED) is 0.622. The highest BCUT2D eigenvalue weighted by Gasteiger charge is 2.42. The fourth-order valence-corrected chi connectivity index (χ4v) is 2.76. The molecule has 1 aliphatic rings. The van der Waals surface area contributed by atoms with E-state index in [-0.39, 0.29) is 18.2 Å². The number of hydrogen-bond acceptors (Lipinski definition) is 3. The van der Waals surface area contributed by atoms with Crippen molar-refractivity contribution in [1.82, 2.24) is 0 Å². The third-order valence-corrected chi connectivity index (χ3v) is 4.15. The molecule has 0 aromatic heterocycles. The van der Waals surface area contributed by atoms with Gasteiger partial charge in [0.25, 0.3) is 0 Å². The van der Waals surface area contributed by atoms with Crippen molar-refractivity contribution < 1.29 is 14.3 Å². The van der Waals surface area contributed by atoms with Gasteiger partial charge in [0, 0.05) is 5.56 Å². The molecule has 3 nitrogen and oxygen atoms in total. The molecule has 1 aromatic rings. The second-order valence-corrected chi connectivity index (χ2v) is 5.72. The Balaban J connectivity index is 2.30. The molecule has 1 aromatic carbocycles. The Morgan fingerprint density at radius 3 is 2.88 bits per heavy atom. The molecule has 0 saturated heterocycles. The maximum atomic E-state index is 12.3. The Kier molecular flexibility index (Phi) is 3.33. The molecule has 17 heavy (non-hydrogen) atoms. The number of carbonyl (C=O) groups is 2. The van der Waals surface area contributed by atoms with Gasteiger partial charge in [0.05, 0.1) is 17.9 Å². The summed E-state index contributed by atoms with van der Waals surface area (Å²) in [5, 5.41) is 0. The van der Waals surface area contributed by atoms with Gasteiger partial charge in [-0.3, -0.25) is 9.59 Å². The van der Waals surface area contributed by atoms with Crippen molar-refractivity contribution >= 4 is 27.7 Å². The summed E-state index contributed by atoms with van der Waals surface area (Å²) in [6, 6.07) is 7.53. The van der Waals surface area contributed by atoms with Crippen molar-refractivity contribution in [3.8, 4) is 0 Å². The average Bonchev–Trinajstić information content (AvgIpc) is 2.34. The number of hydrogen-bond donors (Lipinski definition) is 0. The Hall–Kier alpha value is -1.16. The van der Waals surface area contributed by atoms with Crippen LogP contribution in [0.25, 0.3) is 0 Å². The SMILES string of the molecule is COC(=O)CC1(Br)CCc2ccccc2C1=O. The number of fused-ring (bicyclic) bond motifs is 1. The summed E-state index contributed by atoms with van der Waals surface area (Å²) >= 11 is 3.42. The van der Waals surface area contributed by atoms with Gasteiger partial charge in [-0.2, -0.15) is 0 Å². The minimum atomic E-state index is -0.797. The molecule has 0 radical (unpaired) electrons. The van der Waals surface area contributed by atoms with Crippen molar-refractivity contribution in [2.45, 2.75) is 23.6 Å². The number of esters is 1. The largest absolute Gasteiger partial charge is 0.469 e. The molecular formula is C13H13BrO3. The normalized spacial score (nSPS) is 23.1. The van der Waals surface area contributed by atoms with Gasteiger partial charge in [0.1, 0.15) is 0 Å². The van der Waals surface area contributed by atoms with Gasteiger partial charge in [-0.05, 0) is 18.4 Å². The van der Waals surface area contributed by atoms with Crippen LogP contribution in [0.15, 0.2) is 24.3 Å². The lowest BCUT2D eigenvalue weighted by Crippen LogP contribution is -2.39. The van der Waals surface area contributed by atoms with E-state index in [0.717, 1.165) is 12.0 Å². The summed E-state index contributed by atoms with van der Waals surface area (Å²) in [4.78, 5) is 23.7. The molecule has 90 valence electrons. The molecule has 1 atom stereocenters. The monoisotopic (exact) mass is 296 g/mol. The molecule has 2 rings (SSSR count). The average molecular weight is 297 g/mol. The van der Waals surface area contributed by atoms with Crippen LogP contribution in [0.1, 0.15) is 28.8 Å². The van der Waals surface area contributed by atoms with Crippen LogP contribution in [-0.2, 0) is 16.0 Å². The van der Waals surface area contributed by atoms with Crippen LogP contribution in [-0.4, -0.2) is 23.2 Å². The zero-order chi connectivity index (χ0) is 12.5. The summed E-state index contributed by atoms with van der Waals surface area (Å²) in [5.41, 5.74) is 1.76. The summed E-state index contributed by atoms with van der Waals surface area (Å²) in [7, 11) is 1.33. The van der Waals surface area contributed by atoms with Crippen LogP contribution in [0.2, 0.25) is 0 Å². The number of halogens is 1. The van der Waals surface area contributed by atoms with Crippen LogP contribution in [0, 0.1) is 0 Å². The van der Waals surface area contributed by atoms with E-state index in [1.165, 1.54) is 7.11 Å². The Bertz CT molecular complexity index is 469. The third-order valence-electron chi connectivity index (χ3n) is 3.11. The van der Waals surface area contributed by atoms with E-state index in [4.69, 9.17) is 0 Å². The van der Waals surface area contributed by atoms with E-state index < -0.39 is 4.32 Å². The van der Waals surface area contributed by atoms with E-state index in [9.17, 15) is 9.59 Å². The Morgan fingerprint density at radius 1 is 1.47 bits per heavy atom. The van der Waals surface area contributed by atoms with Crippen LogP contribution in [0.4, 0.5) is 0 Å². The van der Waals surface area contributed by atoms with Gasteiger partial charge in [-0.15, -0.1) is 0 Å². The molecule has 0 heterocycles. The molecule has 0 spiro atoms. The lowest BCUT2D eigenvalue weighted by Gasteiger charge is -2.30. The van der Waals surface area contributed by atoms with Gasteiger partial charge in [0.15, 0.2) is 5.78 Å². The fourth-order valence-electron chi connectivity index (χ4n) is 2.12. The van der Waals surface area contributed by atoms with Crippen molar-refractivity contribution in [3.63, 3.8) is 0 Å². The molecule has 0 aliphatic heterocycles. The first-order valence-electron chi connectivity index (χ1n) is 5.45. The number of Topliss-reactive ketones (excluding diaryl/α,β-unsaturated/α-hetero) is 1. The van der Waals surface area contributed by atoms with Crippen LogP contribution < -0.4 is 0 Å². The number of methoxy groups -OCH3 is 1. The van der Waals surface area contributed by atoms with Crippen LogP contribution >= 0.6 is 15.9 Å². The van der Waals surface area contributed by atoms with Gasteiger partial charge in [-0.1, -0.05) is 40.2 Å². The third kappa shape index (κ3) is 2.27. The zero-order valence-electron chi connectivity index (χ0n) is 9.53. The number of alkyl halides is 1. The van der Waals surface area contributed by atoms with E-state index in [1.807, 2.05) is 24.3 Å². The number of carbonyl (C=O) groups excluding carboxylic acids is 2. The standard InChI is InChI=1S/C13H13BrO3/c1-17-11(15)8-13(14)7-6-9-4-2-3-5-10(9)12(13)16/h2-5H,6-8H2,1H3. The number of benzene rings is 1. The molecule has 0 saturated carbocycles. The molecule has 0 fully saturated rings. The predicted molar refractivity (Wildman–Crippen MR) is 67.4 cm³/mol. The van der Waals surface area contributed by atoms with Crippen molar-refractivity contribution in [1.29, 1.82) is 0 Å². The minimum absolute atomic E-state index is 0.0234. The van der Waals surface area contributed by atoms with E-state index in [1.54, 1.807) is 0 Å². The first-order chi connectivity index (χ1) is 8.07. The van der Waals surface area contributed by atoms with Crippen molar-refractivity contribution in [2.75, 3.05) is 7.11 Å². The smallest absolute Gasteiger partial charge is 0.307 e. The van der Waals surface area contributed by atoms with Crippen molar-refractivity contribution in [2.24, 2.45) is 0 Å². The number of ether oxygens (including phenoxy) is 1. The highest BCUT2D eigenvalue weighted by atomic mass is 79.9. The van der Waals surface area contributed by atoms with Crippen molar-refractivity contribution in [3.05, 3.63) is 35.4 Å². The summed E-state index contributed by atoms with van der Waals surface area (Å²) in [5.74, 6) is -0.389. The molecule has 4 heteroatoms. The topological polar surface area (TPSA) is 43.4 Å². The summed E-state index contributed by atoms with van der Waals surface area (Å²) in [6.45, 7) is 0. The number of rotatable bonds is 2. The van der Waals surface area contributed by atoms with E-state index in [0.29, 0.717) is 12.0 Å². The van der Waals surface area contributed by atoms with Gasteiger partial charge >= 0.3 is 5.97 Å². The van der Waals surface area contributed by atoms with E-state index >= 15 is 0 Å². The van der Waals surface area contributed by atoms with Crippen LogP contribution in [0.5, 0.6) is 0 Å². The molecule has 0 amide bonds. The first-order valence-corrected chi connectivity index (χ1v) is 6.24. The molecule has 1 unspecified atom stereocenters. The summed E-state index contributed by atoms with van der Waals surface area (Å²) in [6.07, 6.45) is 1.50. The van der Waals surface area contributed by atoms with Gasteiger partial charge < -0.3 is 4.74 Å². The molecular weight excluding hydrogens is 284 g/mol. The molecule has 0 bridgehead atoms. The first kappa shape index (κ1) is 12.3. The molecule has 1 aliphatic carbocycles. The fraction of sp³-hybridized carbons (Fsp3) is 0.385. The molecule has 0 N–H and O–H groups in total. The highest BCUT2D eigenvalue weighted by Crippen LogP contribution is 2.38. The zero-order valence-corrected chi connectivity index (χ0v) is 11.1. The van der Waals surface area contributed by atoms with E-state index in [2.05, 4.69) is 20.7 Å². The highest BCUT2D eigenvalue weighted by molar-refractivity contribution is 9.10. The Labute approximate surface area is 108 Å². The maximum Gasteiger partial charge on any atom is 0.307 e. The maximum absolute atomic E-state index is 12.3. The second-order valence-electron chi connectivity index (χ2n) is 4.20. The Morgan fingerprint density at radius 2 is 2.18 bits per heavy atom. The van der Waals surface area contributed by atoms with Gasteiger partial charge in [0.2, 0.25) is 0 Å². The number of ketones is 1. The predicted octanol–water partition coefficient (Wildman–Crippen LogP) is 2.51. The second kappa shape index (κ2) is 4.61.